The summed E-state index contributed by atoms with van der Waals surface area (Å²) in [5.74, 6) is -0.137. The highest BCUT2D eigenvalue weighted by Gasteiger charge is 2.24. The van der Waals surface area contributed by atoms with Crippen LogP contribution in [0.1, 0.15) is 22.8 Å². The number of hydrogen-bond donors (Lipinski definition) is 2. The number of carbonyl (C=O) groups excluding carboxylic acids is 1. The predicted molar refractivity (Wildman–Crippen MR) is 101 cm³/mol. The maximum atomic E-state index is 12.9. The molecule has 2 N–H and O–H groups in total. The molecular formula is C18H19N3O5S. The Kier molecular flexibility index (Phi) is 5.04. The number of aromatic nitrogens is 1. The van der Waals surface area contributed by atoms with Gasteiger partial charge < -0.3 is 14.6 Å². The Hall–Kier alpha value is -3.07. The molecule has 3 aromatic rings. The molecule has 0 bridgehead atoms. The van der Waals surface area contributed by atoms with Gasteiger partial charge in [0, 0.05) is 7.05 Å². The van der Waals surface area contributed by atoms with Gasteiger partial charge in [-0.1, -0.05) is 24.2 Å². The number of methoxy groups -OCH3 is 1. The van der Waals surface area contributed by atoms with Crippen LogP contribution in [0, 0.1) is 0 Å². The van der Waals surface area contributed by atoms with E-state index in [4.69, 9.17) is 9.26 Å². The van der Waals surface area contributed by atoms with Crippen molar-refractivity contribution in [3.8, 4) is 5.75 Å². The summed E-state index contributed by atoms with van der Waals surface area (Å²) < 4.78 is 38.7. The minimum Gasteiger partial charge on any atom is -0.495 e. The van der Waals surface area contributed by atoms with E-state index in [0.717, 1.165) is 5.56 Å². The van der Waals surface area contributed by atoms with Crippen LogP contribution in [0.25, 0.3) is 11.0 Å². The maximum Gasteiger partial charge on any atom is 0.266 e. The highest BCUT2D eigenvalue weighted by atomic mass is 32.2. The third-order valence-corrected chi connectivity index (χ3v) is 5.49. The topological polar surface area (TPSA) is 111 Å². The largest absolute Gasteiger partial charge is 0.495 e. The van der Waals surface area contributed by atoms with Crippen molar-refractivity contribution in [1.82, 2.24) is 10.5 Å². The van der Waals surface area contributed by atoms with Crippen LogP contribution in [-0.4, -0.2) is 33.6 Å². The summed E-state index contributed by atoms with van der Waals surface area (Å²) in [4.78, 5) is 11.9. The zero-order valence-corrected chi connectivity index (χ0v) is 15.9. The molecule has 9 heteroatoms. The molecule has 0 saturated heterocycles. The van der Waals surface area contributed by atoms with Gasteiger partial charge in [-0.25, -0.2) is 8.42 Å². The molecule has 8 nitrogen and oxygen atoms in total. The van der Waals surface area contributed by atoms with Crippen LogP contribution in [0.4, 0.5) is 5.82 Å². The monoisotopic (exact) mass is 389 g/mol. The Labute approximate surface area is 156 Å². The highest BCUT2D eigenvalue weighted by molar-refractivity contribution is 7.92. The fourth-order valence-corrected chi connectivity index (χ4v) is 3.92. The summed E-state index contributed by atoms with van der Waals surface area (Å²) in [5, 5.41) is 6.68. The standard InChI is InChI=1S/C18H19N3O5S/c1-4-11-8-9-14(25-3)15(10-11)27(23,24)21-17-12-6-5-7-13(18(22)19-2)16(12)26-20-17/h5-10H,4H2,1-3H3,(H,19,22)(H,20,21). The van der Waals surface area contributed by atoms with Crippen molar-refractivity contribution < 1.29 is 22.5 Å². The molecule has 0 atom stereocenters. The number of carbonyl (C=O) groups is 1. The normalized spacial score (nSPS) is 11.4. The highest BCUT2D eigenvalue weighted by Crippen LogP contribution is 2.30. The first kappa shape index (κ1) is 18.7. The van der Waals surface area contributed by atoms with Crippen molar-refractivity contribution in [1.29, 1.82) is 0 Å². The second-order valence-corrected chi connectivity index (χ2v) is 7.39. The first-order valence-corrected chi connectivity index (χ1v) is 9.69. The average molecular weight is 389 g/mol. The molecule has 1 aromatic heterocycles. The molecule has 1 heterocycles. The minimum absolute atomic E-state index is 0.000271. The van der Waals surface area contributed by atoms with E-state index < -0.39 is 10.0 Å². The Morgan fingerprint density at radius 1 is 1.26 bits per heavy atom. The molecule has 27 heavy (non-hydrogen) atoms. The molecule has 0 unspecified atom stereocenters. The van der Waals surface area contributed by atoms with Crippen LogP contribution in [0.3, 0.4) is 0 Å². The number of hydrogen-bond acceptors (Lipinski definition) is 6. The number of anilines is 1. The van der Waals surface area contributed by atoms with Crippen LogP contribution in [-0.2, 0) is 16.4 Å². The fraction of sp³-hybridized carbons (Fsp3) is 0.222. The van der Waals surface area contributed by atoms with Gasteiger partial charge in [0.2, 0.25) is 0 Å². The van der Waals surface area contributed by atoms with Crippen LogP contribution < -0.4 is 14.8 Å². The van der Waals surface area contributed by atoms with Gasteiger partial charge in [-0.15, -0.1) is 0 Å². The first-order valence-electron chi connectivity index (χ1n) is 8.21. The second-order valence-electron chi connectivity index (χ2n) is 5.74. The molecule has 2 aromatic carbocycles. The quantitative estimate of drug-likeness (QED) is 0.670. The summed E-state index contributed by atoms with van der Waals surface area (Å²) in [5.41, 5.74) is 1.31. The van der Waals surface area contributed by atoms with Crippen molar-refractivity contribution in [3.63, 3.8) is 0 Å². The van der Waals surface area contributed by atoms with Crippen LogP contribution >= 0.6 is 0 Å². The summed E-state index contributed by atoms with van der Waals surface area (Å²) >= 11 is 0. The molecule has 0 saturated carbocycles. The number of nitrogens with zero attached hydrogens (tertiary/aromatic N) is 1. The Morgan fingerprint density at radius 3 is 2.70 bits per heavy atom. The lowest BCUT2D eigenvalue weighted by Gasteiger charge is -2.11. The van der Waals surface area contributed by atoms with Crippen molar-refractivity contribution >= 4 is 32.7 Å². The van der Waals surface area contributed by atoms with Crippen molar-refractivity contribution in [2.75, 3.05) is 18.9 Å². The van der Waals surface area contributed by atoms with E-state index in [1.807, 2.05) is 6.92 Å². The number of ether oxygens (including phenoxy) is 1. The lowest BCUT2D eigenvalue weighted by atomic mass is 10.1. The molecule has 3 rings (SSSR count). The van der Waals surface area contributed by atoms with Crippen LogP contribution in [0.5, 0.6) is 5.75 Å². The molecule has 0 spiro atoms. The van der Waals surface area contributed by atoms with Crippen LogP contribution in [0.2, 0.25) is 0 Å². The molecule has 1 amide bonds. The third kappa shape index (κ3) is 3.45. The van der Waals surface area contributed by atoms with E-state index in [2.05, 4.69) is 15.2 Å². The van der Waals surface area contributed by atoms with Crippen LogP contribution in [0.15, 0.2) is 45.8 Å². The fourth-order valence-electron chi connectivity index (χ4n) is 2.68. The average Bonchev–Trinajstić information content (AvgIpc) is 3.09. The van der Waals surface area contributed by atoms with Gasteiger partial charge in [0.05, 0.1) is 18.1 Å². The smallest absolute Gasteiger partial charge is 0.266 e. The van der Waals surface area contributed by atoms with Gasteiger partial charge in [0.15, 0.2) is 11.4 Å². The Bertz CT molecular complexity index is 1110. The first-order chi connectivity index (χ1) is 12.9. The number of fused-ring (bicyclic) bond motifs is 1. The minimum atomic E-state index is -3.99. The van der Waals surface area contributed by atoms with Gasteiger partial charge in [0.25, 0.3) is 15.9 Å². The van der Waals surface area contributed by atoms with E-state index in [-0.39, 0.29) is 33.5 Å². The molecule has 0 fully saturated rings. The number of para-hydroxylation sites is 1. The van der Waals surface area contributed by atoms with Gasteiger partial charge in [-0.2, -0.15) is 0 Å². The Balaban J connectivity index is 2.06. The van der Waals surface area contributed by atoms with E-state index >= 15 is 0 Å². The SMILES string of the molecule is CCc1ccc(OC)c(S(=O)(=O)Nc2noc3c(C(=O)NC)cccc23)c1. The molecular weight excluding hydrogens is 370 g/mol. The van der Waals surface area contributed by atoms with Gasteiger partial charge in [0.1, 0.15) is 10.6 Å². The van der Waals surface area contributed by atoms with E-state index in [0.29, 0.717) is 11.8 Å². The molecule has 0 aliphatic carbocycles. The lowest BCUT2D eigenvalue weighted by Crippen LogP contribution is -2.17. The summed E-state index contributed by atoms with van der Waals surface area (Å²) in [6.07, 6.45) is 0.675. The third-order valence-electron chi connectivity index (χ3n) is 4.13. The summed E-state index contributed by atoms with van der Waals surface area (Å²) in [6.45, 7) is 1.93. The van der Waals surface area contributed by atoms with Crippen molar-refractivity contribution in [2.24, 2.45) is 0 Å². The number of benzene rings is 2. The zero-order valence-electron chi connectivity index (χ0n) is 15.1. The van der Waals surface area contributed by atoms with Gasteiger partial charge in [-0.3, -0.25) is 9.52 Å². The summed E-state index contributed by atoms with van der Waals surface area (Å²) in [6, 6.07) is 9.78. The summed E-state index contributed by atoms with van der Waals surface area (Å²) in [7, 11) is -1.09. The number of aryl methyl sites for hydroxylation is 1. The van der Waals surface area contributed by atoms with Crippen molar-refractivity contribution in [2.45, 2.75) is 18.2 Å². The molecule has 0 aliphatic rings. The second kappa shape index (κ2) is 7.28. The number of rotatable bonds is 6. The number of sulfonamides is 1. The zero-order chi connectivity index (χ0) is 19.6. The predicted octanol–water partition coefficient (Wildman–Crippen LogP) is 2.56. The molecule has 0 radical (unpaired) electrons. The van der Waals surface area contributed by atoms with Gasteiger partial charge >= 0.3 is 0 Å². The van der Waals surface area contributed by atoms with Crippen molar-refractivity contribution in [3.05, 3.63) is 47.5 Å². The van der Waals surface area contributed by atoms with E-state index in [9.17, 15) is 13.2 Å². The number of amides is 1. The molecule has 0 aliphatic heterocycles. The maximum absolute atomic E-state index is 12.9. The number of nitrogens with one attached hydrogen (secondary N) is 2. The Morgan fingerprint density at radius 2 is 2.04 bits per heavy atom. The van der Waals surface area contributed by atoms with E-state index in [1.54, 1.807) is 36.4 Å². The van der Waals surface area contributed by atoms with E-state index in [1.165, 1.54) is 14.2 Å². The molecule has 142 valence electrons. The lowest BCUT2D eigenvalue weighted by molar-refractivity contribution is 0.0963. The van der Waals surface area contributed by atoms with Gasteiger partial charge in [-0.05, 0) is 36.2 Å².